The molecule has 0 bridgehead atoms. The van der Waals surface area contributed by atoms with E-state index in [2.05, 4.69) is 21.2 Å². The Morgan fingerprint density at radius 2 is 2.11 bits per heavy atom. The maximum Gasteiger partial charge on any atom is 0.227 e. The van der Waals surface area contributed by atoms with Gasteiger partial charge in [0.25, 0.3) is 0 Å². The topological polar surface area (TPSA) is 49.3 Å². The molecule has 0 heterocycles. The van der Waals surface area contributed by atoms with E-state index in [1.807, 2.05) is 31.2 Å². The summed E-state index contributed by atoms with van der Waals surface area (Å²) in [5, 5.41) is 12.7. The number of rotatable bonds is 4. The largest absolute Gasteiger partial charge is 0.393 e. The van der Waals surface area contributed by atoms with Gasteiger partial charge in [0.15, 0.2) is 0 Å². The summed E-state index contributed by atoms with van der Waals surface area (Å²) in [6, 6.07) is 7.80. The molecule has 1 fully saturated rings. The second-order valence-corrected chi connectivity index (χ2v) is 6.19. The van der Waals surface area contributed by atoms with Crippen LogP contribution in [0.25, 0.3) is 0 Å². The van der Waals surface area contributed by atoms with Crippen molar-refractivity contribution in [1.29, 1.82) is 0 Å². The lowest BCUT2D eigenvalue weighted by Gasteiger charge is -2.17. The van der Waals surface area contributed by atoms with E-state index in [0.717, 1.165) is 29.3 Å². The van der Waals surface area contributed by atoms with Crippen LogP contribution in [0, 0.1) is 5.92 Å². The van der Waals surface area contributed by atoms with Crippen molar-refractivity contribution < 1.29 is 9.90 Å². The van der Waals surface area contributed by atoms with Crippen LogP contribution in [0.15, 0.2) is 28.7 Å². The normalized spacial score (nSPS) is 24.2. The first-order valence-corrected chi connectivity index (χ1v) is 7.58. The van der Waals surface area contributed by atoms with Crippen molar-refractivity contribution in [2.75, 3.05) is 6.54 Å². The van der Waals surface area contributed by atoms with Gasteiger partial charge in [-0.25, -0.2) is 0 Å². The first-order chi connectivity index (χ1) is 9.08. The van der Waals surface area contributed by atoms with Gasteiger partial charge >= 0.3 is 0 Å². The monoisotopic (exact) mass is 325 g/mol. The molecule has 1 saturated carbocycles. The van der Waals surface area contributed by atoms with Crippen LogP contribution >= 0.6 is 15.9 Å². The summed E-state index contributed by atoms with van der Waals surface area (Å²) in [4.78, 5) is 12.1. The third kappa shape index (κ3) is 3.80. The minimum absolute atomic E-state index is 0.0291. The molecule has 4 heteroatoms. The summed E-state index contributed by atoms with van der Waals surface area (Å²) in [7, 11) is 0. The first-order valence-electron chi connectivity index (χ1n) is 6.79. The second-order valence-electron chi connectivity index (χ2n) is 5.28. The van der Waals surface area contributed by atoms with Crippen LogP contribution in [0.1, 0.15) is 37.7 Å². The summed E-state index contributed by atoms with van der Waals surface area (Å²) >= 11 is 3.39. The molecule has 0 saturated heterocycles. The SMILES string of the molecule is C[C@H](C(=O)NC[C@@H]1CCC[C@@H]1O)c1ccc(Br)cc1. The third-order valence-electron chi connectivity index (χ3n) is 3.92. The summed E-state index contributed by atoms with van der Waals surface area (Å²) in [6.07, 6.45) is 2.68. The van der Waals surface area contributed by atoms with Crippen LogP contribution in [0.5, 0.6) is 0 Å². The summed E-state index contributed by atoms with van der Waals surface area (Å²) in [5.41, 5.74) is 1.01. The van der Waals surface area contributed by atoms with Crippen molar-refractivity contribution in [2.24, 2.45) is 5.92 Å². The summed E-state index contributed by atoms with van der Waals surface area (Å²) in [6.45, 7) is 2.49. The van der Waals surface area contributed by atoms with Gasteiger partial charge < -0.3 is 10.4 Å². The zero-order valence-corrected chi connectivity index (χ0v) is 12.7. The molecule has 3 nitrogen and oxygen atoms in total. The van der Waals surface area contributed by atoms with Crippen molar-refractivity contribution in [3.63, 3.8) is 0 Å². The highest BCUT2D eigenvalue weighted by atomic mass is 79.9. The molecule has 0 aliphatic heterocycles. The highest BCUT2D eigenvalue weighted by Gasteiger charge is 2.26. The van der Waals surface area contributed by atoms with Gasteiger partial charge in [0.2, 0.25) is 5.91 Å². The van der Waals surface area contributed by atoms with Crippen molar-refractivity contribution in [3.8, 4) is 0 Å². The number of aliphatic hydroxyl groups excluding tert-OH is 1. The Hall–Kier alpha value is -0.870. The molecule has 1 amide bonds. The van der Waals surface area contributed by atoms with Crippen LogP contribution in [-0.2, 0) is 4.79 Å². The average molecular weight is 326 g/mol. The fourth-order valence-electron chi connectivity index (χ4n) is 2.54. The molecule has 104 valence electrons. The molecule has 19 heavy (non-hydrogen) atoms. The van der Waals surface area contributed by atoms with Gasteiger partial charge in [-0.05, 0) is 37.5 Å². The van der Waals surface area contributed by atoms with Crippen molar-refractivity contribution >= 4 is 21.8 Å². The molecule has 0 unspecified atom stereocenters. The smallest absolute Gasteiger partial charge is 0.227 e. The Morgan fingerprint density at radius 3 is 2.68 bits per heavy atom. The fraction of sp³-hybridized carbons (Fsp3) is 0.533. The van der Waals surface area contributed by atoms with E-state index in [1.54, 1.807) is 0 Å². The molecule has 2 N–H and O–H groups in total. The first kappa shape index (κ1) is 14.5. The van der Waals surface area contributed by atoms with Crippen LogP contribution in [0.3, 0.4) is 0 Å². The standard InChI is InChI=1S/C15H20BrNO2/c1-10(11-5-7-13(16)8-6-11)15(19)17-9-12-3-2-4-14(12)18/h5-8,10,12,14,18H,2-4,9H2,1H3,(H,17,19)/t10-,12-,14-/m0/s1. The summed E-state index contributed by atoms with van der Waals surface area (Å²) < 4.78 is 1.01. The fourth-order valence-corrected chi connectivity index (χ4v) is 2.81. The highest BCUT2D eigenvalue weighted by Crippen LogP contribution is 2.25. The van der Waals surface area contributed by atoms with Gasteiger partial charge in [-0.15, -0.1) is 0 Å². The predicted molar refractivity (Wildman–Crippen MR) is 78.9 cm³/mol. The molecule has 1 aromatic carbocycles. The van der Waals surface area contributed by atoms with Crippen LogP contribution in [-0.4, -0.2) is 23.7 Å². The van der Waals surface area contributed by atoms with Gasteiger partial charge in [-0.3, -0.25) is 4.79 Å². The Bertz CT molecular complexity index is 432. The quantitative estimate of drug-likeness (QED) is 0.894. The zero-order chi connectivity index (χ0) is 13.8. The Morgan fingerprint density at radius 1 is 1.42 bits per heavy atom. The number of amides is 1. The molecule has 0 spiro atoms. The molecule has 0 radical (unpaired) electrons. The predicted octanol–water partition coefficient (Wildman–Crippen LogP) is 2.83. The van der Waals surface area contributed by atoms with E-state index in [4.69, 9.17) is 0 Å². The second kappa shape index (κ2) is 6.53. The minimum Gasteiger partial charge on any atom is -0.393 e. The van der Waals surface area contributed by atoms with E-state index in [-0.39, 0.29) is 23.8 Å². The van der Waals surface area contributed by atoms with Gasteiger partial charge in [-0.2, -0.15) is 0 Å². The van der Waals surface area contributed by atoms with Gasteiger partial charge in [0.05, 0.1) is 12.0 Å². The zero-order valence-electron chi connectivity index (χ0n) is 11.1. The number of hydrogen-bond donors (Lipinski definition) is 2. The Kier molecular flexibility index (Phi) is 4.99. The number of carbonyl (C=O) groups is 1. The molecular formula is C15H20BrNO2. The van der Waals surface area contributed by atoms with Crippen molar-refractivity contribution in [3.05, 3.63) is 34.3 Å². The lowest BCUT2D eigenvalue weighted by atomic mass is 10.00. The maximum atomic E-state index is 12.1. The number of aliphatic hydroxyl groups is 1. The van der Waals surface area contributed by atoms with Crippen LogP contribution in [0.2, 0.25) is 0 Å². The molecular weight excluding hydrogens is 306 g/mol. The van der Waals surface area contributed by atoms with E-state index in [9.17, 15) is 9.90 Å². The Balaban J connectivity index is 1.87. The number of nitrogens with one attached hydrogen (secondary N) is 1. The van der Waals surface area contributed by atoms with E-state index >= 15 is 0 Å². The van der Waals surface area contributed by atoms with E-state index < -0.39 is 0 Å². The molecule has 1 aliphatic rings. The van der Waals surface area contributed by atoms with Crippen molar-refractivity contribution in [1.82, 2.24) is 5.32 Å². The van der Waals surface area contributed by atoms with Gasteiger partial charge in [0, 0.05) is 16.9 Å². The molecule has 0 aromatic heterocycles. The third-order valence-corrected chi connectivity index (χ3v) is 4.45. The molecule has 1 aromatic rings. The van der Waals surface area contributed by atoms with Gasteiger partial charge in [0.1, 0.15) is 0 Å². The van der Waals surface area contributed by atoms with Crippen LogP contribution in [0.4, 0.5) is 0 Å². The molecule has 1 aliphatic carbocycles. The van der Waals surface area contributed by atoms with Crippen LogP contribution < -0.4 is 5.32 Å². The number of benzene rings is 1. The minimum atomic E-state index is -0.247. The van der Waals surface area contributed by atoms with Crippen molar-refractivity contribution in [2.45, 2.75) is 38.2 Å². The lowest BCUT2D eigenvalue weighted by Crippen LogP contribution is -2.34. The Labute approximate surface area is 122 Å². The molecule has 3 atom stereocenters. The van der Waals surface area contributed by atoms with E-state index in [1.165, 1.54) is 0 Å². The lowest BCUT2D eigenvalue weighted by molar-refractivity contribution is -0.122. The van der Waals surface area contributed by atoms with E-state index in [0.29, 0.717) is 6.54 Å². The molecule has 2 rings (SSSR count). The van der Waals surface area contributed by atoms with Gasteiger partial charge in [-0.1, -0.05) is 34.5 Å². The number of carbonyl (C=O) groups excluding carboxylic acids is 1. The number of halogens is 1. The highest BCUT2D eigenvalue weighted by molar-refractivity contribution is 9.10. The summed E-state index contributed by atoms with van der Waals surface area (Å²) in [5.74, 6) is 0.0918. The maximum absolute atomic E-state index is 12.1. The number of hydrogen-bond acceptors (Lipinski definition) is 2. The average Bonchev–Trinajstić information content (AvgIpc) is 2.81.